The maximum atomic E-state index is 14.2. The Morgan fingerprint density at radius 3 is 2.65 bits per heavy atom. The Morgan fingerprint density at radius 1 is 1.30 bits per heavy atom. The Labute approximate surface area is 132 Å². The molecule has 1 aromatic carbocycles. The van der Waals surface area contributed by atoms with Gasteiger partial charge in [0.15, 0.2) is 0 Å². The molecular weight excluding hydrogens is 337 g/mol. The minimum atomic E-state index is -0.162. The van der Waals surface area contributed by atoms with Crippen molar-refractivity contribution in [3.8, 4) is 0 Å². The molecule has 0 saturated carbocycles. The number of aryl methyl sites for hydroxylation is 2. The molecule has 1 aromatic heterocycles. The van der Waals surface area contributed by atoms with E-state index in [1.165, 1.54) is 21.4 Å². The van der Waals surface area contributed by atoms with E-state index < -0.39 is 0 Å². The van der Waals surface area contributed by atoms with E-state index in [-0.39, 0.29) is 11.9 Å². The van der Waals surface area contributed by atoms with E-state index in [4.69, 9.17) is 0 Å². The van der Waals surface area contributed by atoms with Crippen LogP contribution in [0.1, 0.15) is 40.3 Å². The quantitative estimate of drug-likeness (QED) is 0.761. The largest absolute Gasteiger partial charge is 0.306 e. The SMILES string of the molecule is CCCNC(c1cc(C)c(C)s1)c1cc(Br)ccc1F. The van der Waals surface area contributed by atoms with Crippen molar-refractivity contribution in [1.82, 2.24) is 5.32 Å². The van der Waals surface area contributed by atoms with Crippen molar-refractivity contribution in [1.29, 1.82) is 0 Å². The molecular formula is C16H19BrFNS. The number of halogens is 2. The van der Waals surface area contributed by atoms with Crippen LogP contribution in [0.3, 0.4) is 0 Å². The van der Waals surface area contributed by atoms with Gasteiger partial charge < -0.3 is 5.32 Å². The zero-order chi connectivity index (χ0) is 14.7. The summed E-state index contributed by atoms with van der Waals surface area (Å²) in [5.74, 6) is -0.162. The average Bonchev–Trinajstić information content (AvgIpc) is 2.74. The van der Waals surface area contributed by atoms with Crippen LogP contribution in [-0.2, 0) is 0 Å². The Balaban J connectivity index is 2.43. The Hall–Kier alpha value is -0.710. The molecule has 20 heavy (non-hydrogen) atoms. The first-order valence-corrected chi connectivity index (χ1v) is 8.39. The fourth-order valence-corrected chi connectivity index (χ4v) is 3.65. The highest BCUT2D eigenvalue weighted by atomic mass is 79.9. The number of rotatable bonds is 5. The summed E-state index contributed by atoms with van der Waals surface area (Å²) in [5.41, 5.74) is 1.97. The van der Waals surface area contributed by atoms with E-state index in [0.29, 0.717) is 5.56 Å². The standard InChI is InChI=1S/C16H19BrFNS/c1-4-7-19-16(15-8-10(2)11(3)20-15)13-9-12(17)5-6-14(13)18/h5-6,8-9,16,19H,4,7H2,1-3H3. The molecule has 1 atom stereocenters. The van der Waals surface area contributed by atoms with Gasteiger partial charge in [0.2, 0.25) is 0 Å². The number of benzene rings is 1. The van der Waals surface area contributed by atoms with Gasteiger partial charge in [-0.1, -0.05) is 22.9 Å². The van der Waals surface area contributed by atoms with Crippen LogP contribution in [0.4, 0.5) is 4.39 Å². The van der Waals surface area contributed by atoms with Crippen LogP contribution in [0.15, 0.2) is 28.7 Å². The third-order valence-corrected chi connectivity index (χ3v) is 5.05. The zero-order valence-corrected chi connectivity index (χ0v) is 14.4. The molecule has 0 fully saturated rings. The molecule has 2 rings (SSSR count). The van der Waals surface area contributed by atoms with E-state index in [1.807, 2.05) is 6.07 Å². The second-order valence-electron chi connectivity index (χ2n) is 4.94. The lowest BCUT2D eigenvalue weighted by molar-refractivity contribution is 0.550. The van der Waals surface area contributed by atoms with Crippen LogP contribution in [0.2, 0.25) is 0 Å². The van der Waals surface area contributed by atoms with Gasteiger partial charge in [-0.05, 0) is 56.6 Å². The Bertz CT molecular complexity index is 575. The minimum absolute atomic E-state index is 0.0788. The maximum absolute atomic E-state index is 14.2. The predicted molar refractivity (Wildman–Crippen MR) is 88.0 cm³/mol. The summed E-state index contributed by atoms with van der Waals surface area (Å²) in [6, 6.07) is 7.21. The van der Waals surface area contributed by atoms with Crippen LogP contribution in [0.25, 0.3) is 0 Å². The Morgan fingerprint density at radius 2 is 2.05 bits per heavy atom. The van der Waals surface area contributed by atoms with E-state index >= 15 is 0 Å². The summed E-state index contributed by atoms with van der Waals surface area (Å²) >= 11 is 5.17. The Kier molecular flexibility index (Phi) is 5.35. The summed E-state index contributed by atoms with van der Waals surface area (Å²) in [4.78, 5) is 2.46. The summed E-state index contributed by atoms with van der Waals surface area (Å²) in [6.45, 7) is 7.19. The van der Waals surface area contributed by atoms with Gasteiger partial charge in [0.1, 0.15) is 5.82 Å². The summed E-state index contributed by atoms with van der Waals surface area (Å²) in [5, 5.41) is 3.46. The average molecular weight is 356 g/mol. The molecule has 1 heterocycles. The topological polar surface area (TPSA) is 12.0 Å². The second kappa shape index (κ2) is 6.83. The maximum Gasteiger partial charge on any atom is 0.128 e. The van der Waals surface area contributed by atoms with Crippen molar-refractivity contribution in [2.75, 3.05) is 6.54 Å². The lowest BCUT2D eigenvalue weighted by atomic mass is 10.0. The smallest absolute Gasteiger partial charge is 0.128 e. The molecule has 0 saturated heterocycles. The van der Waals surface area contributed by atoms with Crippen molar-refractivity contribution in [3.05, 3.63) is 55.4 Å². The predicted octanol–water partition coefficient (Wildman–Crippen LogP) is 5.36. The molecule has 0 aliphatic heterocycles. The van der Waals surface area contributed by atoms with Crippen molar-refractivity contribution < 1.29 is 4.39 Å². The molecule has 0 aliphatic carbocycles. The highest BCUT2D eigenvalue weighted by Gasteiger charge is 2.20. The summed E-state index contributed by atoms with van der Waals surface area (Å²) in [7, 11) is 0. The van der Waals surface area contributed by atoms with Gasteiger partial charge in [-0.15, -0.1) is 11.3 Å². The van der Waals surface area contributed by atoms with Crippen LogP contribution in [-0.4, -0.2) is 6.54 Å². The van der Waals surface area contributed by atoms with Gasteiger partial charge in [0.05, 0.1) is 6.04 Å². The van der Waals surface area contributed by atoms with E-state index in [0.717, 1.165) is 17.4 Å². The second-order valence-corrected chi connectivity index (χ2v) is 7.14. The molecule has 0 radical (unpaired) electrons. The first kappa shape index (κ1) is 15.7. The van der Waals surface area contributed by atoms with Gasteiger partial charge in [-0.3, -0.25) is 0 Å². The summed E-state index contributed by atoms with van der Waals surface area (Å²) < 4.78 is 15.1. The molecule has 0 amide bonds. The van der Waals surface area contributed by atoms with E-state index in [2.05, 4.69) is 48.1 Å². The first-order valence-electron chi connectivity index (χ1n) is 6.78. The van der Waals surface area contributed by atoms with Crippen LogP contribution >= 0.6 is 27.3 Å². The van der Waals surface area contributed by atoms with E-state index in [9.17, 15) is 4.39 Å². The van der Waals surface area contributed by atoms with Crippen LogP contribution in [0, 0.1) is 19.7 Å². The molecule has 0 aliphatic rings. The monoisotopic (exact) mass is 355 g/mol. The normalized spacial score (nSPS) is 12.7. The van der Waals surface area contributed by atoms with Crippen molar-refractivity contribution in [2.24, 2.45) is 0 Å². The van der Waals surface area contributed by atoms with Gasteiger partial charge in [0, 0.05) is 19.8 Å². The highest BCUT2D eigenvalue weighted by Crippen LogP contribution is 2.33. The number of thiophene rings is 1. The van der Waals surface area contributed by atoms with Crippen LogP contribution in [0.5, 0.6) is 0 Å². The number of hydrogen-bond acceptors (Lipinski definition) is 2. The van der Waals surface area contributed by atoms with Crippen molar-refractivity contribution in [2.45, 2.75) is 33.2 Å². The molecule has 1 N–H and O–H groups in total. The number of hydrogen-bond donors (Lipinski definition) is 1. The molecule has 1 unspecified atom stereocenters. The van der Waals surface area contributed by atoms with Gasteiger partial charge in [-0.2, -0.15) is 0 Å². The molecule has 4 heteroatoms. The molecule has 0 bridgehead atoms. The molecule has 1 nitrogen and oxygen atoms in total. The highest BCUT2D eigenvalue weighted by molar-refractivity contribution is 9.10. The third kappa shape index (κ3) is 3.48. The van der Waals surface area contributed by atoms with Crippen LogP contribution < -0.4 is 5.32 Å². The summed E-state index contributed by atoms with van der Waals surface area (Å²) in [6.07, 6.45) is 1.02. The fourth-order valence-electron chi connectivity index (χ4n) is 2.13. The fraction of sp³-hybridized carbons (Fsp3) is 0.375. The zero-order valence-electron chi connectivity index (χ0n) is 12.0. The number of nitrogens with one attached hydrogen (secondary N) is 1. The molecule has 0 spiro atoms. The molecule has 2 aromatic rings. The first-order chi connectivity index (χ1) is 9.52. The van der Waals surface area contributed by atoms with Crippen molar-refractivity contribution in [3.63, 3.8) is 0 Å². The lowest BCUT2D eigenvalue weighted by Crippen LogP contribution is -2.23. The minimum Gasteiger partial charge on any atom is -0.306 e. The molecule has 108 valence electrons. The van der Waals surface area contributed by atoms with Gasteiger partial charge >= 0.3 is 0 Å². The van der Waals surface area contributed by atoms with Gasteiger partial charge in [0.25, 0.3) is 0 Å². The van der Waals surface area contributed by atoms with E-state index in [1.54, 1.807) is 17.4 Å². The lowest BCUT2D eigenvalue weighted by Gasteiger charge is -2.18. The van der Waals surface area contributed by atoms with Crippen molar-refractivity contribution >= 4 is 27.3 Å². The third-order valence-electron chi connectivity index (χ3n) is 3.34. The van der Waals surface area contributed by atoms with Gasteiger partial charge in [-0.25, -0.2) is 4.39 Å².